The quantitative estimate of drug-likeness (QED) is 0.0879. The molecule has 11 heteroatoms. The number of fused-ring (bicyclic) bond motifs is 1. The minimum atomic E-state index is -0.877. The molecule has 2 atom stereocenters. The average molecular weight is 515 g/mol. The number of hydrogen-bond donors (Lipinski definition) is 5. The number of aliphatic imine (C=N–C) groups is 1. The van der Waals surface area contributed by atoms with E-state index in [-0.39, 0.29) is 47.4 Å². The number of amides is 1. The van der Waals surface area contributed by atoms with Crippen LogP contribution in [0.3, 0.4) is 0 Å². The van der Waals surface area contributed by atoms with Gasteiger partial charge in [0.1, 0.15) is 11.3 Å². The summed E-state index contributed by atoms with van der Waals surface area (Å²) < 4.78 is 5.27. The molecule has 1 amide bonds. The Morgan fingerprint density at radius 1 is 1.11 bits per heavy atom. The van der Waals surface area contributed by atoms with Crippen molar-refractivity contribution in [2.45, 2.75) is 38.3 Å². The van der Waals surface area contributed by atoms with E-state index in [4.69, 9.17) is 27.4 Å². The second kappa shape index (κ2) is 12.7. The number of hydrogen-bond acceptors (Lipinski definition) is 7. The third-order valence-electron chi connectivity index (χ3n) is 5.71. The number of rotatable bonds is 10. The van der Waals surface area contributed by atoms with Crippen molar-refractivity contribution < 1.29 is 14.0 Å². The lowest BCUT2D eigenvalue weighted by molar-refractivity contribution is -0.122. The number of carbonyl (C=O) groups excluding carboxylic acids is 2. The van der Waals surface area contributed by atoms with Gasteiger partial charge in [-0.2, -0.15) is 0 Å². The number of aryl methyl sites for hydroxylation is 1. The van der Waals surface area contributed by atoms with E-state index in [1.54, 1.807) is 19.1 Å². The number of carbonyl (C=O) groups is 2. The normalized spacial score (nSPS) is 12.3. The molecule has 0 aliphatic rings. The van der Waals surface area contributed by atoms with Crippen molar-refractivity contribution in [3.63, 3.8) is 0 Å². The maximum atomic E-state index is 13.4. The van der Waals surface area contributed by atoms with Crippen LogP contribution in [0.25, 0.3) is 11.0 Å². The first-order valence-corrected chi connectivity index (χ1v) is 11.2. The topological polar surface area (TPSA) is 193 Å². The number of guanidine groups is 1. The van der Waals surface area contributed by atoms with Crippen molar-refractivity contribution in [1.29, 1.82) is 0 Å². The van der Waals surface area contributed by atoms with Crippen molar-refractivity contribution in [3.05, 3.63) is 75.6 Å². The fourth-order valence-electron chi connectivity index (χ4n) is 3.74. The van der Waals surface area contributed by atoms with E-state index < -0.39 is 23.6 Å². The Kier molecular flexibility index (Phi) is 10.0. The zero-order valence-electron chi connectivity index (χ0n) is 19.9. The molecule has 192 valence electrons. The summed E-state index contributed by atoms with van der Waals surface area (Å²) in [5.74, 6) is -0.861. The molecule has 0 saturated carbocycles. The smallest absolute Gasteiger partial charge is 0.359 e. The Morgan fingerprint density at radius 3 is 2.47 bits per heavy atom. The molecule has 0 aliphatic heterocycles. The minimum absolute atomic E-state index is 0. The second-order valence-corrected chi connectivity index (χ2v) is 8.31. The van der Waals surface area contributed by atoms with Gasteiger partial charge in [-0.05, 0) is 43.4 Å². The zero-order chi connectivity index (χ0) is 25.5. The van der Waals surface area contributed by atoms with Gasteiger partial charge in [0, 0.05) is 17.5 Å². The molecule has 9 N–H and O–H groups in total. The van der Waals surface area contributed by atoms with E-state index in [0.717, 1.165) is 5.56 Å². The highest BCUT2D eigenvalue weighted by atomic mass is 35.5. The molecule has 0 fully saturated rings. The molecule has 0 bridgehead atoms. The van der Waals surface area contributed by atoms with Gasteiger partial charge in [0.25, 0.3) is 0 Å². The fourth-order valence-corrected chi connectivity index (χ4v) is 3.74. The number of nitrogens with zero attached hydrogens (tertiary/aromatic N) is 1. The largest absolute Gasteiger partial charge is 0.421 e. The van der Waals surface area contributed by atoms with E-state index in [9.17, 15) is 14.4 Å². The van der Waals surface area contributed by atoms with Crippen molar-refractivity contribution in [2.75, 3.05) is 12.3 Å². The van der Waals surface area contributed by atoms with Crippen LogP contribution in [0.1, 0.15) is 34.3 Å². The summed E-state index contributed by atoms with van der Waals surface area (Å²) in [6, 6.07) is 12.4. The van der Waals surface area contributed by atoms with Gasteiger partial charge in [-0.1, -0.05) is 42.5 Å². The minimum Gasteiger partial charge on any atom is -0.421 e. The Balaban J connectivity index is 0.00000456. The molecule has 2 aromatic carbocycles. The monoisotopic (exact) mass is 514 g/mol. The van der Waals surface area contributed by atoms with Crippen molar-refractivity contribution in [3.8, 4) is 0 Å². The molecule has 10 nitrogen and oxygen atoms in total. The fraction of sp³-hybridized carbons (Fsp3) is 0.280. The molecule has 3 aromatic rings. The third kappa shape index (κ3) is 7.06. The summed E-state index contributed by atoms with van der Waals surface area (Å²) in [5, 5.41) is 3.39. The number of nitrogens with two attached hydrogens (primary N) is 4. The highest BCUT2D eigenvalue weighted by molar-refractivity contribution is 6.04. The summed E-state index contributed by atoms with van der Waals surface area (Å²) in [4.78, 5) is 42.1. The molecule has 0 aliphatic carbocycles. The number of anilines is 1. The maximum Gasteiger partial charge on any atom is 0.359 e. The number of halogens is 1. The molecule has 3 rings (SSSR count). The second-order valence-electron chi connectivity index (χ2n) is 8.31. The predicted octanol–water partition coefficient (Wildman–Crippen LogP) is 1.40. The van der Waals surface area contributed by atoms with Crippen LogP contribution >= 0.6 is 12.4 Å². The average Bonchev–Trinajstić information content (AvgIpc) is 2.84. The van der Waals surface area contributed by atoms with E-state index in [1.807, 2.05) is 30.3 Å². The van der Waals surface area contributed by atoms with Gasteiger partial charge in [-0.25, -0.2) is 4.79 Å². The van der Waals surface area contributed by atoms with Crippen molar-refractivity contribution in [1.82, 2.24) is 5.32 Å². The Hall–Kier alpha value is -3.89. The van der Waals surface area contributed by atoms with E-state index in [1.165, 1.54) is 6.07 Å². The van der Waals surface area contributed by atoms with Gasteiger partial charge in [0.2, 0.25) is 5.91 Å². The highest BCUT2D eigenvalue weighted by Crippen LogP contribution is 2.23. The molecule has 0 saturated heterocycles. The van der Waals surface area contributed by atoms with Gasteiger partial charge in [0.05, 0.1) is 12.1 Å². The number of ketones is 1. The molecule has 1 heterocycles. The predicted molar refractivity (Wildman–Crippen MR) is 143 cm³/mol. The molecular formula is C25H31ClN6O4. The summed E-state index contributed by atoms with van der Waals surface area (Å²) in [7, 11) is 0. The van der Waals surface area contributed by atoms with Gasteiger partial charge in [0.15, 0.2) is 11.7 Å². The summed E-state index contributed by atoms with van der Waals surface area (Å²) >= 11 is 0. The van der Waals surface area contributed by atoms with Gasteiger partial charge in [-0.15, -0.1) is 12.4 Å². The zero-order valence-corrected chi connectivity index (χ0v) is 20.7. The molecule has 1 aromatic heterocycles. The van der Waals surface area contributed by atoms with Crippen LogP contribution in [-0.4, -0.2) is 36.3 Å². The number of Topliss-reactive ketones (excluding diaryl/α,β-unsaturated/α-hetero) is 1. The van der Waals surface area contributed by atoms with Gasteiger partial charge >= 0.3 is 5.63 Å². The summed E-state index contributed by atoms with van der Waals surface area (Å²) in [6.07, 6.45) is 1.05. The lowest BCUT2D eigenvalue weighted by Gasteiger charge is -2.20. The van der Waals surface area contributed by atoms with E-state index in [0.29, 0.717) is 30.3 Å². The lowest BCUT2D eigenvalue weighted by Crippen LogP contribution is -2.49. The first-order valence-electron chi connectivity index (χ1n) is 11.2. The first kappa shape index (κ1) is 28.3. The summed E-state index contributed by atoms with van der Waals surface area (Å²) in [6.45, 7) is 2.00. The Morgan fingerprint density at radius 2 is 1.81 bits per heavy atom. The van der Waals surface area contributed by atoms with E-state index >= 15 is 0 Å². The number of nitrogen functional groups attached to an aromatic ring is 1. The van der Waals surface area contributed by atoms with Gasteiger partial charge < -0.3 is 32.7 Å². The first-order chi connectivity index (χ1) is 16.7. The molecule has 0 radical (unpaired) electrons. The SMILES string of the molecule is Cc1c(N)c(=O)oc2cc(C(=O)[C@H](CCCN=C(N)N)NC(=O)[C@@H](N)Cc3ccccc3)ccc12.Cl. The van der Waals surface area contributed by atoms with Crippen LogP contribution in [0.5, 0.6) is 0 Å². The van der Waals surface area contributed by atoms with Crippen molar-refractivity contribution in [2.24, 2.45) is 22.2 Å². The van der Waals surface area contributed by atoms with E-state index in [2.05, 4.69) is 10.3 Å². The molecule has 0 unspecified atom stereocenters. The van der Waals surface area contributed by atoms with Crippen LogP contribution in [0.15, 0.2) is 62.7 Å². The van der Waals surface area contributed by atoms with Crippen LogP contribution in [0.2, 0.25) is 0 Å². The highest BCUT2D eigenvalue weighted by Gasteiger charge is 2.25. The number of benzene rings is 2. The molecule has 36 heavy (non-hydrogen) atoms. The van der Waals surface area contributed by atoms with Crippen LogP contribution in [0.4, 0.5) is 5.69 Å². The standard InChI is InChI=1S/C25H30N6O4.ClH/c1-14-17-10-9-16(13-20(17)35-24(34)21(14)27)22(32)19(8-5-11-30-25(28)29)31-23(33)18(26)12-15-6-3-2-4-7-15;/h2-4,6-7,9-10,13,18-19H,5,8,11-12,26-27H2,1H3,(H,31,33)(H4,28,29,30);1H/t18-,19-;/m0./s1. The van der Waals surface area contributed by atoms with Crippen LogP contribution in [-0.2, 0) is 11.2 Å². The van der Waals surface area contributed by atoms with Gasteiger partial charge in [-0.3, -0.25) is 14.6 Å². The van der Waals surface area contributed by atoms with Crippen LogP contribution in [0, 0.1) is 6.92 Å². The maximum absolute atomic E-state index is 13.4. The third-order valence-corrected chi connectivity index (χ3v) is 5.71. The lowest BCUT2D eigenvalue weighted by atomic mass is 9.97. The summed E-state index contributed by atoms with van der Waals surface area (Å²) in [5.41, 5.74) is 24.0. The van der Waals surface area contributed by atoms with Crippen LogP contribution < -0.4 is 33.9 Å². The Bertz CT molecular complexity index is 1310. The number of nitrogens with one attached hydrogen (secondary N) is 1. The Labute approximate surface area is 214 Å². The van der Waals surface area contributed by atoms with Crippen molar-refractivity contribution >= 4 is 46.7 Å². The molecular weight excluding hydrogens is 484 g/mol. The molecule has 0 spiro atoms.